The van der Waals surface area contributed by atoms with E-state index in [1.165, 1.54) is 55.8 Å². The Hall–Kier alpha value is -1.84. The molecule has 2 saturated heterocycles. The molecule has 2 aromatic rings. The second-order valence-corrected chi connectivity index (χ2v) is 12.1. The first-order valence-electron chi connectivity index (χ1n) is 14.6. The summed E-state index contributed by atoms with van der Waals surface area (Å²) in [5.74, 6) is 2.04. The Morgan fingerprint density at radius 1 is 0.528 bits per heavy atom. The van der Waals surface area contributed by atoms with Gasteiger partial charge < -0.3 is 9.80 Å². The molecule has 2 aromatic carbocycles. The van der Waals surface area contributed by atoms with Crippen LogP contribution in [0.4, 0.5) is 5.69 Å². The van der Waals surface area contributed by atoms with E-state index in [0.717, 1.165) is 19.0 Å². The summed E-state index contributed by atoms with van der Waals surface area (Å²) in [7, 11) is 0. The fourth-order valence-corrected chi connectivity index (χ4v) is 5.47. The molecular formula is C33H53N3. The minimum absolute atomic E-state index is 0.622. The quantitative estimate of drug-likeness (QED) is 0.409. The lowest BCUT2D eigenvalue weighted by molar-refractivity contribution is 0.172. The van der Waals surface area contributed by atoms with Gasteiger partial charge in [-0.1, -0.05) is 64.1 Å². The van der Waals surface area contributed by atoms with Crippen LogP contribution in [0.1, 0.15) is 103 Å². The van der Waals surface area contributed by atoms with Gasteiger partial charge in [0.25, 0.3) is 0 Å². The molecule has 36 heavy (non-hydrogen) atoms. The second kappa shape index (κ2) is 13.6. The predicted molar refractivity (Wildman–Crippen MR) is 159 cm³/mol. The van der Waals surface area contributed by atoms with Crippen LogP contribution in [0.15, 0.2) is 48.5 Å². The number of likely N-dealkylation sites (tertiary alicyclic amines) is 1. The van der Waals surface area contributed by atoms with Crippen LogP contribution in [-0.2, 0) is 0 Å². The summed E-state index contributed by atoms with van der Waals surface area (Å²) in [6.45, 7) is 25.4. The van der Waals surface area contributed by atoms with E-state index in [4.69, 9.17) is 0 Å². The van der Waals surface area contributed by atoms with E-state index in [1.807, 2.05) is 0 Å². The van der Waals surface area contributed by atoms with Crippen LogP contribution in [0.25, 0.3) is 0 Å². The van der Waals surface area contributed by atoms with Gasteiger partial charge >= 0.3 is 0 Å². The minimum Gasteiger partial charge on any atom is -0.369 e. The zero-order valence-electron chi connectivity index (χ0n) is 24.5. The van der Waals surface area contributed by atoms with E-state index in [0.29, 0.717) is 23.9 Å². The minimum atomic E-state index is 0.622. The summed E-state index contributed by atoms with van der Waals surface area (Å²) in [5.41, 5.74) is 5.81. The standard InChI is InChI=1S/C17H27N.C16H26N2/c1-13(2)15-5-7-16(8-6-15)17-9-11-18(12-10-17)14(3)4;1-13(2)15-5-7-16(8-6-15)18-11-9-17(10-12-18)14(3)4/h5-8,13-14,17H,9-12H2,1-4H3;5-8,13-14H,9-12H2,1-4H3. The van der Waals surface area contributed by atoms with Gasteiger partial charge in [0.1, 0.15) is 0 Å². The van der Waals surface area contributed by atoms with Crippen LogP contribution >= 0.6 is 0 Å². The van der Waals surface area contributed by atoms with Crippen LogP contribution in [0.2, 0.25) is 0 Å². The predicted octanol–water partition coefficient (Wildman–Crippen LogP) is 7.74. The van der Waals surface area contributed by atoms with Gasteiger partial charge in [0.15, 0.2) is 0 Å². The molecule has 0 amide bonds. The van der Waals surface area contributed by atoms with Gasteiger partial charge in [-0.05, 0) is 100 Å². The molecule has 200 valence electrons. The van der Waals surface area contributed by atoms with Crippen LogP contribution in [0, 0.1) is 0 Å². The van der Waals surface area contributed by atoms with E-state index in [1.54, 1.807) is 5.56 Å². The highest BCUT2D eigenvalue weighted by molar-refractivity contribution is 5.48. The zero-order valence-corrected chi connectivity index (χ0v) is 24.5. The largest absolute Gasteiger partial charge is 0.369 e. The van der Waals surface area contributed by atoms with Crippen LogP contribution in [-0.4, -0.2) is 61.2 Å². The average molecular weight is 492 g/mol. The third-order valence-electron chi connectivity index (χ3n) is 8.30. The molecule has 3 nitrogen and oxygen atoms in total. The van der Waals surface area contributed by atoms with Crippen molar-refractivity contribution in [2.24, 2.45) is 0 Å². The Bertz CT molecular complexity index is 791. The fourth-order valence-electron chi connectivity index (χ4n) is 5.47. The van der Waals surface area contributed by atoms with E-state index in [2.05, 4.69) is 119 Å². The first kappa shape index (κ1) is 28.7. The van der Waals surface area contributed by atoms with Gasteiger partial charge in [-0.3, -0.25) is 4.90 Å². The Kier molecular flexibility index (Phi) is 10.9. The molecule has 0 bridgehead atoms. The van der Waals surface area contributed by atoms with Gasteiger partial charge in [-0.25, -0.2) is 0 Å². The molecule has 4 rings (SSSR count). The van der Waals surface area contributed by atoms with Crippen molar-refractivity contribution >= 4 is 5.69 Å². The lowest BCUT2D eigenvalue weighted by Gasteiger charge is -2.38. The number of hydrogen-bond acceptors (Lipinski definition) is 3. The maximum Gasteiger partial charge on any atom is 0.0367 e. The van der Waals surface area contributed by atoms with Gasteiger partial charge in [0.2, 0.25) is 0 Å². The van der Waals surface area contributed by atoms with E-state index >= 15 is 0 Å². The summed E-state index contributed by atoms with van der Waals surface area (Å²) in [5, 5.41) is 0. The Labute approximate surface area is 222 Å². The van der Waals surface area contributed by atoms with Gasteiger partial charge in [0.05, 0.1) is 0 Å². The Morgan fingerprint density at radius 3 is 1.36 bits per heavy atom. The van der Waals surface area contributed by atoms with Crippen LogP contribution in [0.5, 0.6) is 0 Å². The summed E-state index contributed by atoms with van der Waals surface area (Å²) in [4.78, 5) is 7.65. The molecule has 0 radical (unpaired) electrons. The molecule has 0 aromatic heterocycles. The third kappa shape index (κ3) is 8.08. The average Bonchev–Trinajstić information content (AvgIpc) is 2.89. The molecule has 2 aliphatic rings. The normalized spacial score (nSPS) is 18.3. The highest BCUT2D eigenvalue weighted by Gasteiger charge is 2.22. The van der Waals surface area contributed by atoms with E-state index in [-0.39, 0.29) is 0 Å². The fraction of sp³-hybridized carbons (Fsp3) is 0.636. The SMILES string of the molecule is CC(C)c1ccc(C2CCN(C(C)C)CC2)cc1.CC(C)c1ccc(N2CCN(C(C)C)CC2)cc1. The number of nitrogens with zero attached hydrogens (tertiary/aromatic N) is 3. The second-order valence-electron chi connectivity index (χ2n) is 12.1. The molecule has 0 unspecified atom stereocenters. The molecule has 0 spiro atoms. The van der Waals surface area contributed by atoms with Crippen molar-refractivity contribution in [3.05, 3.63) is 65.2 Å². The van der Waals surface area contributed by atoms with Crippen molar-refractivity contribution < 1.29 is 0 Å². The lowest BCUT2D eigenvalue weighted by Crippen LogP contribution is -2.48. The maximum atomic E-state index is 2.60. The highest BCUT2D eigenvalue weighted by Crippen LogP contribution is 2.29. The summed E-state index contributed by atoms with van der Waals surface area (Å²) < 4.78 is 0. The molecule has 2 heterocycles. The maximum absolute atomic E-state index is 2.60. The van der Waals surface area contributed by atoms with Crippen molar-refractivity contribution in [3.8, 4) is 0 Å². The Balaban J connectivity index is 0.000000201. The smallest absolute Gasteiger partial charge is 0.0367 e. The molecule has 2 fully saturated rings. The first-order valence-corrected chi connectivity index (χ1v) is 14.6. The van der Waals surface area contributed by atoms with Crippen molar-refractivity contribution in [1.29, 1.82) is 0 Å². The van der Waals surface area contributed by atoms with Crippen molar-refractivity contribution in [3.63, 3.8) is 0 Å². The number of hydrogen-bond donors (Lipinski definition) is 0. The van der Waals surface area contributed by atoms with Crippen molar-refractivity contribution in [1.82, 2.24) is 9.80 Å². The summed E-state index contributed by atoms with van der Waals surface area (Å²) in [6, 6.07) is 19.8. The molecule has 0 saturated carbocycles. The molecule has 3 heteroatoms. The molecule has 0 aliphatic carbocycles. The van der Waals surface area contributed by atoms with Crippen molar-refractivity contribution in [2.45, 2.75) is 98.1 Å². The monoisotopic (exact) mass is 491 g/mol. The topological polar surface area (TPSA) is 9.72 Å². The van der Waals surface area contributed by atoms with Crippen molar-refractivity contribution in [2.75, 3.05) is 44.2 Å². The lowest BCUT2D eigenvalue weighted by atomic mass is 9.88. The zero-order chi connectivity index (χ0) is 26.2. The number of piperidine rings is 1. The number of anilines is 1. The molecular weight excluding hydrogens is 438 g/mol. The number of benzene rings is 2. The van der Waals surface area contributed by atoms with Gasteiger partial charge in [-0.2, -0.15) is 0 Å². The third-order valence-corrected chi connectivity index (χ3v) is 8.30. The van der Waals surface area contributed by atoms with Crippen LogP contribution in [0.3, 0.4) is 0 Å². The van der Waals surface area contributed by atoms with E-state index < -0.39 is 0 Å². The van der Waals surface area contributed by atoms with Gasteiger partial charge in [-0.15, -0.1) is 0 Å². The summed E-state index contributed by atoms with van der Waals surface area (Å²) in [6.07, 6.45) is 2.64. The number of piperazine rings is 1. The molecule has 2 aliphatic heterocycles. The molecule has 0 atom stereocenters. The van der Waals surface area contributed by atoms with Gasteiger partial charge in [0, 0.05) is 44.0 Å². The first-order chi connectivity index (χ1) is 17.2. The molecule has 0 N–H and O–H groups in total. The Morgan fingerprint density at radius 2 is 0.944 bits per heavy atom. The number of rotatable bonds is 6. The summed E-state index contributed by atoms with van der Waals surface area (Å²) >= 11 is 0. The van der Waals surface area contributed by atoms with E-state index in [9.17, 15) is 0 Å². The highest BCUT2D eigenvalue weighted by atomic mass is 15.3. The van der Waals surface area contributed by atoms with Crippen LogP contribution < -0.4 is 4.90 Å².